The van der Waals surface area contributed by atoms with E-state index in [4.69, 9.17) is 0 Å². The Kier molecular flexibility index (Phi) is 5.15. The average molecular weight is 238 g/mol. The number of hydrogen-bond donors (Lipinski definition) is 1. The molecule has 4 heteroatoms. The quantitative estimate of drug-likeness (QED) is 0.783. The Morgan fingerprint density at radius 2 is 2.12 bits per heavy atom. The van der Waals surface area contributed by atoms with Crippen molar-refractivity contribution in [2.45, 2.75) is 33.9 Å². The molecule has 0 unspecified atom stereocenters. The Morgan fingerprint density at radius 1 is 1.41 bits per heavy atom. The van der Waals surface area contributed by atoms with E-state index in [2.05, 4.69) is 54.6 Å². The second kappa shape index (κ2) is 6.17. The van der Waals surface area contributed by atoms with Gasteiger partial charge in [0.1, 0.15) is 0 Å². The van der Waals surface area contributed by atoms with E-state index in [1.165, 1.54) is 5.69 Å². The second-order valence-corrected chi connectivity index (χ2v) is 5.70. The van der Waals surface area contributed by atoms with Crippen molar-refractivity contribution in [2.24, 2.45) is 5.41 Å². The molecule has 17 heavy (non-hydrogen) atoms. The van der Waals surface area contributed by atoms with Gasteiger partial charge in [-0.2, -0.15) is 0 Å². The molecule has 1 N–H and O–H groups in total. The molecule has 0 bridgehead atoms. The van der Waals surface area contributed by atoms with Gasteiger partial charge in [-0.1, -0.05) is 20.8 Å². The fourth-order valence-corrected chi connectivity index (χ4v) is 2.26. The maximum Gasteiger partial charge on any atom is 0.0948 e. The summed E-state index contributed by atoms with van der Waals surface area (Å²) in [4.78, 5) is 6.48. The molecule has 1 heterocycles. The highest BCUT2D eigenvalue weighted by Crippen LogP contribution is 2.19. The molecule has 0 fully saturated rings. The second-order valence-electron chi connectivity index (χ2n) is 5.70. The summed E-state index contributed by atoms with van der Waals surface area (Å²) in [6.07, 6.45) is 3.89. The molecule has 0 atom stereocenters. The van der Waals surface area contributed by atoms with Crippen LogP contribution in [0.5, 0.6) is 0 Å². The Bertz CT molecular complexity index is 328. The third kappa shape index (κ3) is 4.88. The summed E-state index contributed by atoms with van der Waals surface area (Å²) in [5, 5.41) is 3.35. The summed E-state index contributed by atoms with van der Waals surface area (Å²) >= 11 is 0. The Labute approximate surface area is 105 Å². The van der Waals surface area contributed by atoms with E-state index < -0.39 is 0 Å². The maximum atomic E-state index is 4.25. The van der Waals surface area contributed by atoms with Crippen LogP contribution in [0.1, 0.15) is 26.5 Å². The summed E-state index contributed by atoms with van der Waals surface area (Å²) < 4.78 is 2.26. The number of rotatable bonds is 7. The van der Waals surface area contributed by atoms with Gasteiger partial charge >= 0.3 is 0 Å². The zero-order valence-corrected chi connectivity index (χ0v) is 11.8. The van der Waals surface area contributed by atoms with E-state index in [-0.39, 0.29) is 5.41 Å². The zero-order valence-electron chi connectivity index (χ0n) is 11.8. The van der Waals surface area contributed by atoms with Gasteiger partial charge in [0.25, 0.3) is 0 Å². The molecule has 0 aliphatic heterocycles. The van der Waals surface area contributed by atoms with Gasteiger partial charge in [-0.15, -0.1) is 0 Å². The van der Waals surface area contributed by atoms with Crippen molar-refractivity contribution < 1.29 is 0 Å². The van der Waals surface area contributed by atoms with Crippen LogP contribution in [-0.4, -0.2) is 41.6 Å². The summed E-state index contributed by atoms with van der Waals surface area (Å²) in [6, 6.07) is 0. The van der Waals surface area contributed by atoms with Crippen LogP contribution in [0.3, 0.4) is 0 Å². The molecule has 0 aliphatic rings. The highest BCUT2D eigenvalue weighted by Gasteiger charge is 2.20. The number of hydrogen-bond acceptors (Lipinski definition) is 3. The van der Waals surface area contributed by atoms with E-state index in [9.17, 15) is 0 Å². The van der Waals surface area contributed by atoms with Gasteiger partial charge in [0, 0.05) is 25.8 Å². The topological polar surface area (TPSA) is 33.1 Å². The molecule has 0 spiro atoms. The van der Waals surface area contributed by atoms with E-state index in [0.717, 1.165) is 26.2 Å². The molecular weight excluding hydrogens is 212 g/mol. The highest BCUT2D eigenvalue weighted by molar-refractivity contribution is 4.99. The first-order chi connectivity index (χ1) is 7.94. The minimum absolute atomic E-state index is 0.255. The van der Waals surface area contributed by atoms with Crippen molar-refractivity contribution in [3.8, 4) is 0 Å². The van der Waals surface area contributed by atoms with Crippen LogP contribution in [0.2, 0.25) is 0 Å². The highest BCUT2D eigenvalue weighted by atomic mass is 15.1. The number of nitrogens with one attached hydrogen (secondary N) is 1. The third-order valence-electron chi connectivity index (χ3n) is 2.70. The van der Waals surface area contributed by atoms with Crippen molar-refractivity contribution in [2.75, 3.05) is 27.2 Å². The number of imidazole rings is 1. The van der Waals surface area contributed by atoms with Crippen LogP contribution in [0.4, 0.5) is 0 Å². The average Bonchev–Trinajstić information content (AvgIpc) is 2.59. The van der Waals surface area contributed by atoms with Crippen LogP contribution < -0.4 is 5.32 Å². The van der Waals surface area contributed by atoms with E-state index in [1.807, 2.05) is 12.5 Å². The van der Waals surface area contributed by atoms with E-state index in [0.29, 0.717) is 0 Å². The predicted molar refractivity (Wildman–Crippen MR) is 71.9 cm³/mol. The van der Waals surface area contributed by atoms with Gasteiger partial charge in [0.05, 0.1) is 12.0 Å². The number of aromatic nitrogens is 2. The Morgan fingerprint density at radius 3 is 2.71 bits per heavy atom. The van der Waals surface area contributed by atoms with Crippen LogP contribution >= 0.6 is 0 Å². The molecule has 0 saturated carbocycles. The first-order valence-corrected chi connectivity index (χ1v) is 6.29. The molecule has 0 aliphatic carbocycles. The summed E-state index contributed by atoms with van der Waals surface area (Å²) in [6.45, 7) is 10.7. The SMILES string of the molecule is CCNCc1cncn1CC(C)(C)CN(C)C. The normalized spacial score (nSPS) is 12.4. The minimum Gasteiger partial charge on any atom is -0.333 e. The van der Waals surface area contributed by atoms with Crippen molar-refractivity contribution in [3.05, 3.63) is 18.2 Å². The lowest BCUT2D eigenvalue weighted by atomic mass is 9.93. The molecule has 1 rings (SSSR count). The van der Waals surface area contributed by atoms with Crippen LogP contribution in [-0.2, 0) is 13.1 Å². The summed E-state index contributed by atoms with van der Waals surface area (Å²) in [5.41, 5.74) is 1.52. The molecule has 1 aromatic rings. The van der Waals surface area contributed by atoms with Crippen molar-refractivity contribution >= 4 is 0 Å². The monoisotopic (exact) mass is 238 g/mol. The molecule has 4 nitrogen and oxygen atoms in total. The van der Waals surface area contributed by atoms with E-state index in [1.54, 1.807) is 0 Å². The lowest BCUT2D eigenvalue weighted by Crippen LogP contribution is -2.33. The fourth-order valence-electron chi connectivity index (χ4n) is 2.26. The molecule has 98 valence electrons. The van der Waals surface area contributed by atoms with Crippen molar-refractivity contribution in [1.29, 1.82) is 0 Å². The standard InChI is InChI=1S/C13H26N4/c1-6-14-7-12-8-15-11-17(12)10-13(2,3)9-16(4)5/h8,11,14H,6-7,9-10H2,1-5H3. The Hall–Kier alpha value is -0.870. The fraction of sp³-hybridized carbons (Fsp3) is 0.769. The largest absolute Gasteiger partial charge is 0.333 e. The minimum atomic E-state index is 0.255. The molecule has 0 radical (unpaired) electrons. The maximum absolute atomic E-state index is 4.25. The summed E-state index contributed by atoms with van der Waals surface area (Å²) in [5.74, 6) is 0. The van der Waals surface area contributed by atoms with Gasteiger partial charge in [-0.05, 0) is 26.1 Å². The molecule has 0 amide bonds. The van der Waals surface area contributed by atoms with Crippen molar-refractivity contribution in [3.63, 3.8) is 0 Å². The predicted octanol–water partition coefficient (Wildman–Crippen LogP) is 1.58. The first-order valence-electron chi connectivity index (χ1n) is 6.29. The van der Waals surface area contributed by atoms with Crippen LogP contribution in [0.15, 0.2) is 12.5 Å². The molecule has 0 saturated heterocycles. The number of nitrogens with zero attached hydrogens (tertiary/aromatic N) is 3. The van der Waals surface area contributed by atoms with Gasteiger partial charge in [0.15, 0.2) is 0 Å². The van der Waals surface area contributed by atoms with Crippen LogP contribution in [0, 0.1) is 5.41 Å². The third-order valence-corrected chi connectivity index (χ3v) is 2.70. The van der Waals surface area contributed by atoms with Crippen LogP contribution in [0.25, 0.3) is 0 Å². The lowest BCUT2D eigenvalue weighted by molar-refractivity contribution is 0.209. The van der Waals surface area contributed by atoms with Gasteiger partial charge in [0.2, 0.25) is 0 Å². The first kappa shape index (κ1) is 14.2. The smallest absolute Gasteiger partial charge is 0.0948 e. The van der Waals surface area contributed by atoms with Gasteiger partial charge in [-0.3, -0.25) is 0 Å². The lowest BCUT2D eigenvalue weighted by Gasteiger charge is -2.29. The van der Waals surface area contributed by atoms with Gasteiger partial charge in [-0.25, -0.2) is 4.98 Å². The zero-order chi connectivity index (χ0) is 12.9. The Balaban J connectivity index is 2.64. The van der Waals surface area contributed by atoms with Crippen molar-refractivity contribution in [1.82, 2.24) is 19.8 Å². The van der Waals surface area contributed by atoms with Gasteiger partial charge < -0.3 is 14.8 Å². The molecule has 1 aromatic heterocycles. The molecular formula is C13H26N4. The van der Waals surface area contributed by atoms with E-state index >= 15 is 0 Å². The molecule has 0 aromatic carbocycles. The summed E-state index contributed by atoms with van der Waals surface area (Å²) in [7, 11) is 4.24.